The van der Waals surface area contributed by atoms with Crippen molar-refractivity contribution in [1.29, 1.82) is 0 Å². The molecule has 1 heterocycles. The number of nitrogens with one attached hydrogen (secondary N) is 1. The highest BCUT2D eigenvalue weighted by Gasteiger charge is 2.36. The van der Waals surface area contributed by atoms with Gasteiger partial charge in [0.1, 0.15) is 6.54 Å². The zero-order valence-corrected chi connectivity index (χ0v) is 15.3. The first kappa shape index (κ1) is 19.3. The molecule has 1 aliphatic heterocycles. The molecule has 9 heteroatoms. The van der Waals surface area contributed by atoms with Crippen LogP contribution in [-0.4, -0.2) is 33.4 Å². The summed E-state index contributed by atoms with van der Waals surface area (Å²) in [7, 11) is 0. The van der Waals surface area contributed by atoms with Crippen molar-refractivity contribution in [1.82, 2.24) is 10.2 Å². The number of amides is 3. The molecule has 1 fully saturated rings. The summed E-state index contributed by atoms with van der Waals surface area (Å²) in [4.78, 5) is 47.9. The van der Waals surface area contributed by atoms with Crippen LogP contribution in [0.2, 0.25) is 0 Å². The smallest absolute Gasteiger partial charge is 0.294 e. The summed E-state index contributed by atoms with van der Waals surface area (Å²) in [5, 5.41) is 13.0. The van der Waals surface area contributed by atoms with Crippen molar-refractivity contribution in [2.24, 2.45) is 0 Å². The normalized spacial score (nSPS) is 15.1. The highest BCUT2D eigenvalue weighted by molar-refractivity contribution is 8.18. The molecule has 0 radical (unpaired) electrons. The number of nitro benzene ring substituents is 1. The molecule has 0 bridgehead atoms. The van der Waals surface area contributed by atoms with Crippen LogP contribution >= 0.6 is 11.8 Å². The first-order valence-corrected chi connectivity index (χ1v) is 9.06. The number of hydrogen-bond donors (Lipinski definition) is 1. The van der Waals surface area contributed by atoms with Crippen LogP contribution < -0.4 is 5.32 Å². The van der Waals surface area contributed by atoms with Crippen LogP contribution in [0.3, 0.4) is 0 Å². The molecule has 0 spiro atoms. The summed E-state index contributed by atoms with van der Waals surface area (Å²) in [6.07, 6.45) is 1.40. The second-order valence-electron chi connectivity index (χ2n) is 5.88. The van der Waals surface area contributed by atoms with Gasteiger partial charge in [0.15, 0.2) is 0 Å². The summed E-state index contributed by atoms with van der Waals surface area (Å²) in [5.41, 5.74) is 1.21. The van der Waals surface area contributed by atoms with Crippen molar-refractivity contribution in [3.63, 3.8) is 0 Å². The highest BCUT2D eigenvalue weighted by atomic mass is 32.2. The largest absolute Gasteiger partial charge is 0.350 e. The Balaban J connectivity index is 1.65. The van der Waals surface area contributed by atoms with Crippen LogP contribution in [-0.2, 0) is 16.1 Å². The standard InChI is InChI=1S/C19H15N3O5S/c23-17(20-11-13-5-2-1-3-6-13)12-21-18(24)16(28-19(21)25)10-14-7-4-8-15(9-14)22(26)27/h1-10H,11-12H2,(H,20,23)/b16-10-. The molecule has 0 aromatic heterocycles. The van der Waals surface area contributed by atoms with Crippen molar-refractivity contribution in [3.8, 4) is 0 Å². The maximum absolute atomic E-state index is 12.5. The van der Waals surface area contributed by atoms with Crippen LogP contribution in [0.15, 0.2) is 59.5 Å². The quantitative estimate of drug-likeness (QED) is 0.456. The van der Waals surface area contributed by atoms with Gasteiger partial charge in [-0.3, -0.25) is 29.4 Å². The molecule has 142 valence electrons. The Morgan fingerprint density at radius 2 is 1.89 bits per heavy atom. The van der Waals surface area contributed by atoms with Gasteiger partial charge in [-0.1, -0.05) is 42.5 Å². The SMILES string of the molecule is O=C(CN1C(=O)S/C(=C\c2cccc([N+](=O)[O-])c2)C1=O)NCc1ccccc1. The Bertz CT molecular complexity index is 975. The third-order valence-electron chi connectivity index (χ3n) is 3.89. The predicted molar refractivity (Wildman–Crippen MR) is 104 cm³/mol. The fourth-order valence-corrected chi connectivity index (χ4v) is 3.35. The number of thioether (sulfide) groups is 1. The molecule has 0 saturated carbocycles. The zero-order chi connectivity index (χ0) is 20.1. The van der Waals surface area contributed by atoms with E-state index in [4.69, 9.17) is 0 Å². The second-order valence-corrected chi connectivity index (χ2v) is 6.88. The summed E-state index contributed by atoms with van der Waals surface area (Å²) < 4.78 is 0. The molecule has 2 aromatic carbocycles. The molecule has 0 aliphatic carbocycles. The van der Waals surface area contributed by atoms with Crippen LogP contribution in [0.1, 0.15) is 11.1 Å². The minimum Gasteiger partial charge on any atom is -0.350 e. The van der Waals surface area contributed by atoms with Gasteiger partial charge in [-0.25, -0.2) is 0 Å². The molecule has 8 nitrogen and oxygen atoms in total. The van der Waals surface area contributed by atoms with Gasteiger partial charge in [0.2, 0.25) is 5.91 Å². The zero-order valence-electron chi connectivity index (χ0n) is 14.5. The number of imide groups is 1. The number of non-ortho nitro benzene ring substituents is 1. The van der Waals surface area contributed by atoms with E-state index in [1.807, 2.05) is 30.3 Å². The molecule has 3 rings (SSSR count). The van der Waals surface area contributed by atoms with Gasteiger partial charge in [-0.05, 0) is 29.0 Å². The molecule has 28 heavy (non-hydrogen) atoms. The van der Waals surface area contributed by atoms with Crippen LogP contribution in [0.25, 0.3) is 6.08 Å². The number of nitro groups is 1. The lowest BCUT2D eigenvalue weighted by molar-refractivity contribution is -0.384. The first-order chi connectivity index (χ1) is 13.4. The van der Waals surface area contributed by atoms with Crippen LogP contribution in [0.4, 0.5) is 10.5 Å². The maximum Gasteiger partial charge on any atom is 0.294 e. The lowest BCUT2D eigenvalue weighted by atomic mass is 10.2. The topological polar surface area (TPSA) is 110 Å². The van der Waals surface area contributed by atoms with E-state index >= 15 is 0 Å². The summed E-state index contributed by atoms with van der Waals surface area (Å²) in [6, 6.07) is 15.0. The van der Waals surface area contributed by atoms with E-state index in [0.29, 0.717) is 23.9 Å². The number of carbonyl (C=O) groups is 3. The van der Waals surface area contributed by atoms with E-state index in [1.54, 1.807) is 6.07 Å². The van der Waals surface area contributed by atoms with E-state index in [1.165, 1.54) is 24.3 Å². The fraction of sp³-hybridized carbons (Fsp3) is 0.105. The molecular weight excluding hydrogens is 382 g/mol. The van der Waals surface area contributed by atoms with E-state index in [9.17, 15) is 24.5 Å². The summed E-state index contributed by atoms with van der Waals surface area (Å²) >= 11 is 0.696. The highest BCUT2D eigenvalue weighted by Crippen LogP contribution is 2.32. The number of rotatable bonds is 6. The Labute approximate surface area is 164 Å². The monoisotopic (exact) mass is 397 g/mol. The third-order valence-corrected chi connectivity index (χ3v) is 4.79. The maximum atomic E-state index is 12.5. The van der Waals surface area contributed by atoms with E-state index in [-0.39, 0.29) is 17.1 Å². The summed E-state index contributed by atoms with van der Waals surface area (Å²) in [6.45, 7) is -0.0941. The van der Waals surface area contributed by atoms with Crippen molar-refractivity contribution in [3.05, 3.63) is 80.7 Å². The Kier molecular flexibility index (Phi) is 5.85. The van der Waals surface area contributed by atoms with Crippen molar-refractivity contribution >= 4 is 40.6 Å². The lowest BCUT2D eigenvalue weighted by Gasteiger charge is -2.12. The summed E-state index contributed by atoms with van der Waals surface area (Å²) in [5.74, 6) is -1.06. The molecule has 1 aliphatic rings. The number of carbonyl (C=O) groups excluding carboxylic acids is 3. The van der Waals surface area contributed by atoms with E-state index in [0.717, 1.165) is 10.5 Å². The Hall–Kier alpha value is -3.46. The van der Waals surface area contributed by atoms with Gasteiger partial charge in [-0.2, -0.15) is 0 Å². The van der Waals surface area contributed by atoms with Gasteiger partial charge in [0.05, 0.1) is 9.83 Å². The molecule has 3 amide bonds. The number of benzene rings is 2. The van der Waals surface area contributed by atoms with Gasteiger partial charge < -0.3 is 5.32 Å². The van der Waals surface area contributed by atoms with Crippen molar-refractivity contribution < 1.29 is 19.3 Å². The molecule has 0 atom stereocenters. The molecule has 1 saturated heterocycles. The molecule has 1 N–H and O–H groups in total. The van der Waals surface area contributed by atoms with Gasteiger partial charge in [0.25, 0.3) is 16.8 Å². The van der Waals surface area contributed by atoms with Crippen LogP contribution in [0, 0.1) is 10.1 Å². The Morgan fingerprint density at radius 1 is 1.14 bits per heavy atom. The average molecular weight is 397 g/mol. The molecule has 0 unspecified atom stereocenters. The first-order valence-electron chi connectivity index (χ1n) is 8.24. The molecular formula is C19H15N3O5S. The average Bonchev–Trinajstić information content (AvgIpc) is 2.95. The lowest BCUT2D eigenvalue weighted by Crippen LogP contribution is -2.39. The minimum atomic E-state index is -0.601. The predicted octanol–water partition coefficient (Wildman–Crippen LogP) is 2.95. The van der Waals surface area contributed by atoms with Crippen molar-refractivity contribution in [2.75, 3.05) is 6.54 Å². The fourth-order valence-electron chi connectivity index (χ4n) is 2.51. The minimum absolute atomic E-state index is 0.112. The van der Waals surface area contributed by atoms with E-state index < -0.39 is 22.0 Å². The van der Waals surface area contributed by atoms with Gasteiger partial charge in [0, 0.05) is 18.7 Å². The van der Waals surface area contributed by atoms with Crippen LogP contribution in [0.5, 0.6) is 0 Å². The second kappa shape index (κ2) is 8.49. The number of nitrogens with zero attached hydrogens (tertiary/aromatic N) is 2. The number of hydrogen-bond acceptors (Lipinski definition) is 6. The van der Waals surface area contributed by atoms with Gasteiger partial charge in [-0.15, -0.1) is 0 Å². The van der Waals surface area contributed by atoms with Gasteiger partial charge >= 0.3 is 0 Å². The molecule has 2 aromatic rings. The van der Waals surface area contributed by atoms with Crippen molar-refractivity contribution in [2.45, 2.75) is 6.54 Å². The van der Waals surface area contributed by atoms with E-state index in [2.05, 4.69) is 5.32 Å². The Morgan fingerprint density at radius 3 is 2.61 bits per heavy atom. The third kappa shape index (κ3) is 4.63.